The SMILES string of the molecule is N#C[C@@H](NC(=O)c1cnc2c(c1)NC(=O)CO2)c1ccccc1Cl. The van der Waals surface area contributed by atoms with Gasteiger partial charge in [0.25, 0.3) is 11.8 Å². The number of hydrogen-bond acceptors (Lipinski definition) is 5. The van der Waals surface area contributed by atoms with Crippen molar-refractivity contribution in [3.05, 3.63) is 52.7 Å². The number of fused-ring (bicyclic) bond motifs is 1. The lowest BCUT2D eigenvalue weighted by molar-refractivity contribution is -0.118. The zero-order valence-electron chi connectivity index (χ0n) is 12.2. The minimum Gasteiger partial charge on any atom is -0.466 e. The van der Waals surface area contributed by atoms with Crippen molar-refractivity contribution in [2.75, 3.05) is 11.9 Å². The van der Waals surface area contributed by atoms with Gasteiger partial charge >= 0.3 is 0 Å². The predicted molar refractivity (Wildman–Crippen MR) is 85.6 cm³/mol. The summed E-state index contributed by atoms with van der Waals surface area (Å²) in [6.07, 6.45) is 1.31. The second kappa shape index (κ2) is 6.56. The molecular weight excluding hydrogens is 332 g/mol. The van der Waals surface area contributed by atoms with E-state index in [0.717, 1.165) is 0 Å². The summed E-state index contributed by atoms with van der Waals surface area (Å²) >= 11 is 6.06. The zero-order valence-corrected chi connectivity index (χ0v) is 13.0. The second-order valence-electron chi connectivity index (χ2n) is 4.97. The summed E-state index contributed by atoms with van der Waals surface area (Å²) in [5, 5.41) is 14.8. The molecule has 24 heavy (non-hydrogen) atoms. The highest BCUT2D eigenvalue weighted by Crippen LogP contribution is 2.26. The molecule has 0 radical (unpaired) electrons. The summed E-state index contributed by atoms with van der Waals surface area (Å²) in [6, 6.07) is 9.29. The molecule has 1 aromatic carbocycles. The normalized spacial score (nSPS) is 13.8. The number of carbonyl (C=O) groups excluding carboxylic acids is 2. The number of amides is 2. The molecule has 1 aliphatic heterocycles. The number of nitrogens with zero attached hydrogens (tertiary/aromatic N) is 2. The summed E-state index contributed by atoms with van der Waals surface area (Å²) in [6.45, 7) is -0.117. The molecule has 120 valence electrons. The lowest BCUT2D eigenvalue weighted by Crippen LogP contribution is -2.29. The molecule has 7 nitrogen and oxygen atoms in total. The second-order valence-corrected chi connectivity index (χ2v) is 5.38. The Labute approximate surface area is 142 Å². The van der Waals surface area contributed by atoms with Crippen LogP contribution in [-0.2, 0) is 4.79 Å². The van der Waals surface area contributed by atoms with E-state index >= 15 is 0 Å². The topological polar surface area (TPSA) is 104 Å². The van der Waals surface area contributed by atoms with E-state index in [1.54, 1.807) is 24.3 Å². The molecule has 0 saturated heterocycles. The Bertz CT molecular complexity index is 863. The summed E-state index contributed by atoms with van der Waals surface area (Å²) in [5.41, 5.74) is 0.995. The first-order valence-corrected chi connectivity index (χ1v) is 7.34. The van der Waals surface area contributed by atoms with Crippen LogP contribution >= 0.6 is 11.6 Å². The Morgan fingerprint density at radius 2 is 2.25 bits per heavy atom. The maximum atomic E-state index is 12.4. The van der Waals surface area contributed by atoms with Gasteiger partial charge in [-0.2, -0.15) is 5.26 Å². The number of rotatable bonds is 3. The molecule has 0 aliphatic carbocycles. The van der Waals surface area contributed by atoms with E-state index in [4.69, 9.17) is 16.3 Å². The standard InChI is InChI=1S/C16H11ClN4O3/c17-11-4-2-1-3-10(11)13(6-18)21-15(23)9-5-12-16(19-7-9)24-8-14(22)20-12/h1-5,7,13H,8H2,(H,20,22)(H,21,23)/t13-/m1/s1. The van der Waals surface area contributed by atoms with Crippen molar-refractivity contribution < 1.29 is 14.3 Å². The van der Waals surface area contributed by atoms with Crippen LogP contribution in [-0.4, -0.2) is 23.4 Å². The van der Waals surface area contributed by atoms with Crippen molar-refractivity contribution in [3.8, 4) is 11.9 Å². The molecule has 0 spiro atoms. The van der Waals surface area contributed by atoms with Crippen LogP contribution in [0.25, 0.3) is 0 Å². The predicted octanol–water partition coefficient (Wildman–Crippen LogP) is 2.06. The first kappa shape index (κ1) is 15.8. The molecule has 2 aromatic rings. The van der Waals surface area contributed by atoms with Gasteiger partial charge in [-0.15, -0.1) is 0 Å². The number of halogens is 1. The maximum Gasteiger partial charge on any atom is 0.262 e. The van der Waals surface area contributed by atoms with Crippen LogP contribution in [0.3, 0.4) is 0 Å². The minimum absolute atomic E-state index is 0.117. The fraction of sp³-hybridized carbons (Fsp3) is 0.125. The largest absolute Gasteiger partial charge is 0.466 e. The molecule has 0 fully saturated rings. The van der Waals surface area contributed by atoms with E-state index in [9.17, 15) is 14.9 Å². The van der Waals surface area contributed by atoms with E-state index in [2.05, 4.69) is 15.6 Å². The molecule has 2 amide bonds. The van der Waals surface area contributed by atoms with E-state index in [-0.39, 0.29) is 24.0 Å². The molecule has 1 aliphatic rings. The van der Waals surface area contributed by atoms with Crippen LogP contribution in [0.1, 0.15) is 22.0 Å². The van der Waals surface area contributed by atoms with Gasteiger partial charge in [-0.05, 0) is 12.1 Å². The fourth-order valence-corrected chi connectivity index (χ4v) is 2.45. The van der Waals surface area contributed by atoms with E-state index < -0.39 is 11.9 Å². The lowest BCUT2D eigenvalue weighted by Gasteiger charge is -2.18. The van der Waals surface area contributed by atoms with E-state index in [1.807, 2.05) is 6.07 Å². The Kier molecular flexibility index (Phi) is 4.31. The summed E-state index contributed by atoms with van der Waals surface area (Å²) in [5.74, 6) is -0.599. The van der Waals surface area contributed by atoms with Gasteiger partial charge in [0.15, 0.2) is 6.61 Å². The number of anilines is 1. The number of ether oxygens (including phenoxy) is 1. The van der Waals surface area contributed by atoms with Gasteiger partial charge in [0.1, 0.15) is 11.7 Å². The third kappa shape index (κ3) is 3.14. The highest BCUT2D eigenvalue weighted by molar-refractivity contribution is 6.31. The van der Waals surface area contributed by atoms with Crippen molar-refractivity contribution in [1.29, 1.82) is 5.26 Å². The van der Waals surface area contributed by atoms with E-state index in [1.165, 1.54) is 12.3 Å². The first-order valence-electron chi connectivity index (χ1n) is 6.96. The Balaban J connectivity index is 1.82. The molecule has 3 rings (SSSR count). The van der Waals surface area contributed by atoms with Crippen LogP contribution < -0.4 is 15.4 Å². The van der Waals surface area contributed by atoms with Gasteiger partial charge in [0, 0.05) is 16.8 Å². The quantitative estimate of drug-likeness (QED) is 0.888. The van der Waals surface area contributed by atoms with Crippen LogP contribution in [0.2, 0.25) is 5.02 Å². The molecule has 8 heteroatoms. The lowest BCUT2D eigenvalue weighted by atomic mass is 10.1. The first-order chi connectivity index (χ1) is 11.6. The molecule has 2 N–H and O–H groups in total. The molecule has 1 aromatic heterocycles. The van der Waals surface area contributed by atoms with Gasteiger partial charge in [-0.3, -0.25) is 9.59 Å². The number of pyridine rings is 1. The minimum atomic E-state index is -0.909. The Morgan fingerprint density at radius 1 is 1.46 bits per heavy atom. The number of benzene rings is 1. The summed E-state index contributed by atoms with van der Waals surface area (Å²) in [7, 11) is 0. The van der Waals surface area contributed by atoms with Crippen molar-refractivity contribution in [2.45, 2.75) is 6.04 Å². The average molecular weight is 343 g/mol. The van der Waals surface area contributed by atoms with E-state index in [0.29, 0.717) is 16.3 Å². The van der Waals surface area contributed by atoms with Crippen LogP contribution in [0.5, 0.6) is 5.88 Å². The third-order valence-electron chi connectivity index (χ3n) is 3.35. The fourth-order valence-electron chi connectivity index (χ4n) is 2.20. The molecule has 0 unspecified atom stereocenters. The number of carbonyl (C=O) groups is 2. The number of nitrogens with one attached hydrogen (secondary N) is 2. The highest BCUT2D eigenvalue weighted by Gasteiger charge is 2.21. The van der Waals surface area contributed by atoms with Crippen molar-refractivity contribution in [2.24, 2.45) is 0 Å². The Hall–Kier alpha value is -3.11. The summed E-state index contributed by atoms with van der Waals surface area (Å²) in [4.78, 5) is 27.7. The third-order valence-corrected chi connectivity index (χ3v) is 3.69. The van der Waals surface area contributed by atoms with Gasteiger partial charge < -0.3 is 15.4 Å². The monoisotopic (exact) mass is 342 g/mol. The Morgan fingerprint density at radius 3 is 3.00 bits per heavy atom. The average Bonchev–Trinajstić information content (AvgIpc) is 2.59. The number of hydrogen-bond donors (Lipinski definition) is 2. The van der Waals surface area contributed by atoms with Gasteiger partial charge in [-0.1, -0.05) is 29.8 Å². The van der Waals surface area contributed by atoms with Gasteiger partial charge in [0.05, 0.1) is 11.6 Å². The summed E-state index contributed by atoms with van der Waals surface area (Å²) < 4.78 is 5.13. The molecule has 0 bridgehead atoms. The van der Waals surface area contributed by atoms with Crippen molar-refractivity contribution >= 4 is 29.1 Å². The number of nitriles is 1. The van der Waals surface area contributed by atoms with Crippen LogP contribution in [0.15, 0.2) is 36.5 Å². The molecule has 1 atom stereocenters. The van der Waals surface area contributed by atoms with Crippen LogP contribution in [0, 0.1) is 11.3 Å². The number of aromatic nitrogens is 1. The highest BCUT2D eigenvalue weighted by atomic mass is 35.5. The van der Waals surface area contributed by atoms with Crippen LogP contribution in [0.4, 0.5) is 5.69 Å². The zero-order chi connectivity index (χ0) is 17.1. The molecule has 2 heterocycles. The van der Waals surface area contributed by atoms with Gasteiger partial charge in [-0.25, -0.2) is 4.98 Å². The molecular formula is C16H11ClN4O3. The van der Waals surface area contributed by atoms with Crippen molar-refractivity contribution in [1.82, 2.24) is 10.3 Å². The maximum absolute atomic E-state index is 12.4. The molecule has 0 saturated carbocycles. The van der Waals surface area contributed by atoms with Crippen molar-refractivity contribution in [3.63, 3.8) is 0 Å². The smallest absolute Gasteiger partial charge is 0.262 e. The van der Waals surface area contributed by atoms with Gasteiger partial charge in [0.2, 0.25) is 5.88 Å².